The first-order valence-electron chi connectivity index (χ1n) is 12.4. The average molecular weight is 389 g/mol. The van der Waals surface area contributed by atoms with Crippen LogP contribution in [0.15, 0.2) is 0 Å². The summed E-state index contributed by atoms with van der Waals surface area (Å²) in [6, 6.07) is 0. The van der Waals surface area contributed by atoms with Crippen molar-refractivity contribution in [1.29, 1.82) is 0 Å². The lowest BCUT2D eigenvalue weighted by Gasteiger charge is -2.60. The Hall–Kier alpha value is -0.370. The van der Waals surface area contributed by atoms with Crippen molar-refractivity contribution < 1.29 is 9.90 Å². The second-order valence-electron chi connectivity index (χ2n) is 12.0. The fourth-order valence-corrected chi connectivity index (χ4v) is 9.09. The Labute approximate surface area is 173 Å². The molecule has 28 heavy (non-hydrogen) atoms. The number of ketones is 1. The number of Topliss-reactive ketones (excluding diaryl/α,β-unsaturated/α-hetero) is 1. The molecule has 0 heterocycles. The topological polar surface area (TPSA) is 37.3 Å². The quantitative estimate of drug-likeness (QED) is 0.617. The average Bonchev–Trinajstić information content (AvgIpc) is 2.98. The van der Waals surface area contributed by atoms with Gasteiger partial charge in [0, 0.05) is 12.3 Å². The summed E-state index contributed by atoms with van der Waals surface area (Å²) in [6.45, 7) is 12.2. The molecule has 2 heteroatoms. The van der Waals surface area contributed by atoms with Crippen LogP contribution in [0, 0.1) is 52.3 Å². The maximum absolute atomic E-state index is 13.2. The summed E-state index contributed by atoms with van der Waals surface area (Å²) >= 11 is 0. The highest BCUT2D eigenvalue weighted by Crippen LogP contribution is 2.67. The number of aliphatic hydroxyl groups is 1. The Kier molecular flexibility index (Phi) is 5.52. The van der Waals surface area contributed by atoms with Crippen LogP contribution in [0.3, 0.4) is 0 Å². The van der Waals surface area contributed by atoms with Crippen molar-refractivity contribution in [2.45, 2.75) is 105 Å². The van der Waals surface area contributed by atoms with E-state index in [0.29, 0.717) is 23.0 Å². The van der Waals surface area contributed by atoms with Crippen LogP contribution >= 0.6 is 0 Å². The van der Waals surface area contributed by atoms with Crippen molar-refractivity contribution in [2.24, 2.45) is 52.3 Å². The fraction of sp³-hybridized carbons (Fsp3) is 0.962. The third-order valence-electron chi connectivity index (χ3n) is 10.6. The van der Waals surface area contributed by atoms with Crippen molar-refractivity contribution in [3.05, 3.63) is 0 Å². The zero-order valence-electron chi connectivity index (χ0n) is 19.0. The molecule has 1 N–H and O–H groups in total. The molecule has 0 unspecified atom stereocenters. The number of aliphatic hydroxyl groups excluding tert-OH is 1. The zero-order valence-corrected chi connectivity index (χ0v) is 19.0. The lowest BCUT2D eigenvalue weighted by Crippen LogP contribution is -2.57. The smallest absolute Gasteiger partial charge is 0.136 e. The molecule has 4 aliphatic carbocycles. The minimum Gasteiger partial charge on any atom is -0.393 e. The van der Waals surface area contributed by atoms with Gasteiger partial charge in [-0.2, -0.15) is 0 Å². The van der Waals surface area contributed by atoms with Gasteiger partial charge in [-0.15, -0.1) is 0 Å². The van der Waals surface area contributed by atoms with Crippen LogP contribution in [0.5, 0.6) is 0 Å². The van der Waals surface area contributed by atoms with E-state index in [1.54, 1.807) is 0 Å². The molecule has 0 amide bonds. The first kappa shape index (κ1) is 20.9. The molecule has 4 aliphatic rings. The van der Waals surface area contributed by atoms with Crippen LogP contribution in [0.2, 0.25) is 0 Å². The van der Waals surface area contributed by atoms with Crippen molar-refractivity contribution in [3.63, 3.8) is 0 Å². The highest BCUT2D eigenvalue weighted by Gasteiger charge is 2.62. The first-order chi connectivity index (χ1) is 13.2. The van der Waals surface area contributed by atoms with Gasteiger partial charge in [-0.3, -0.25) is 4.79 Å². The third-order valence-corrected chi connectivity index (χ3v) is 10.6. The molecule has 4 rings (SSSR count). The largest absolute Gasteiger partial charge is 0.393 e. The summed E-state index contributed by atoms with van der Waals surface area (Å²) in [6.07, 6.45) is 11.3. The van der Waals surface area contributed by atoms with Crippen LogP contribution < -0.4 is 0 Å². The van der Waals surface area contributed by atoms with E-state index in [9.17, 15) is 9.90 Å². The van der Waals surface area contributed by atoms with E-state index in [4.69, 9.17) is 0 Å². The van der Waals surface area contributed by atoms with E-state index in [1.807, 2.05) is 0 Å². The Bertz CT molecular complexity index is 599. The van der Waals surface area contributed by atoms with Crippen LogP contribution in [-0.4, -0.2) is 17.0 Å². The molecule has 10 atom stereocenters. The Morgan fingerprint density at radius 2 is 1.75 bits per heavy atom. The van der Waals surface area contributed by atoms with E-state index < -0.39 is 0 Å². The van der Waals surface area contributed by atoms with Gasteiger partial charge in [-0.25, -0.2) is 0 Å². The van der Waals surface area contributed by atoms with Crippen molar-refractivity contribution >= 4 is 5.78 Å². The fourth-order valence-electron chi connectivity index (χ4n) is 9.09. The van der Waals surface area contributed by atoms with Crippen LogP contribution in [0.25, 0.3) is 0 Å². The van der Waals surface area contributed by atoms with Crippen molar-refractivity contribution in [1.82, 2.24) is 0 Å². The molecule has 0 bridgehead atoms. The monoisotopic (exact) mass is 388 g/mol. The molecule has 160 valence electrons. The minimum atomic E-state index is -0.187. The zero-order chi connectivity index (χ0) is 20.3. The maximum atomic E-state index is 13.2. The SMILES string of the molecule is CC[C@H](C)C[C@@H](C)[C@H]1CC[C@H]2[C@@H]3CC(=O)[C@H]4CC[C@H](O)C[C@]4(C)[C@H]3CC[C@]12C. The number of carbonyl (C=O) groups excluding carboxylic acids is 1. The van der Waals surface area contributed by atoms with E-state index >= 15 is 0 Å². The normalized spacial score (nSPS) is 50.4. The summed E-state index contributed by atoms with van der Waals surface area (Å²) in [5, 5.41) is 10.4. The molecule has 0 spiro atoms. The Morgan fingerprint density at radius 1 is 1.04 bits per heavy atom. The molecule has 0 aromatic carbocycles. The predicted molar refractivity (Wildman–Crippen MR) is 115 cm³/mol. The van der Waals surface area contributed by atoms with E-state index in [-0.39, 0.29) is 17.4 Å². The molecule has 4 saturated carbocycles. The number of fused-ring (bicyclic) bond motifs is 5. The third kappa shape index (κ3) is 3.12. The van der Waals surface area contributed by atoms with Gasteiger partial charge in [0.2, 0.25) is 0 Å². The molecule has 0 radical (unpaired) electrons. The highest BCUT2D eigenvalue weighted by atomic mass is 16.3. The summed E-state index contributed by atoms with van der Waals surface area (Å²) < 4.78 is 0. The molecule has 2 nitrogen and oxygen atoms in total. The summed E-state index contributed by atoms with van der Waals surface area (Å²) in [7, 11) is 0. The van der Waals surface area contributed by atoms with Crippen LogP contribution in [-0.2, 0) is 4.79 Å². The van der Waals surface area contributed by atoms with Gasteiger partial charge in [0.1, 0.15) is 5.78 Å². The summed E-state index contributed by atoms with van der Waals surface area (Å²) in [4.78, 5) is 13.2. The molecule has 4 fully saturated rings. The standard InChI is InChI=1S/C26H44O2/c1-6-16(2)13-17(3)20-9-10-21-19-14-24(28)23-8-7-18(27)15-26(23,5)22(19)11-12-25(20,21)4/h16-23,27H,6-15H2,1-5H3/t16-,17+,18-,19-,20+,21-,22-,23+,25+,26+/m0/s1. The second kappa shape index (κ2) is 7.40. The first-order valence-corrected chi connectivity index (χ1v) is 12.4. The van der Waals surface area contributed by atoms with Crippen LogP contribution in [0.4, 0.5) is 0 Å². The number of carbonyl (C=O) groups is 1. The van der Waals surface area contributed by atoms with Gasteiger partial charge >= 0.3 is 0 Å². The predicted octanol–water partition coefficient (Wildman–Crippen LogP) is 6.26. The van der Waals surface area contributed by atoms with E-state index in [0.717, 1.165) is 49.4 Å². The Balaban J connectivity index is 1.57. The molecule has 0 aromatic heterocycles. The van der Waals surface area contributed by atoms with Gasteiger partial charge in [0.25, 0.3) is 0 Å². The lowest BCUT2D eigenvalue weighted by molar-refractivity contribution is -0.160. The number of hydrogen-bond donors (Lipinski definition) is 1. The second-order valence-corrected chi connectivity index (χ2v) is 12.0. The van der Waals surface area contributed by atoms with Gasteiger partial charge < -0.3 is 5.11 Å². The summed E-state index contributed by atoms with van der Waals surface area (Å²) in [5.74, 6) is 5.21. The van der Waals surface area contributed by atoms with Crippen molar-refractivity contribution in [2.75, 3.05) is 0 Å². The van der Waals surface area contributed by atoms with Gasteiger partial charge in [-0.05, 0) is 97.7 Å². The molecule has 0 saturated heterocycles. The van der Waals surface area contributed by atoms with Gasteiger partial charge in [0.05, 0.1) is 6.10 Å². The summed E-state index contributed by atoms with van der Waals surface area (Å²) in [5.41, 5.74) is 0.490. The van der Waals surface area contributed by atoms with Crippen LogP contribution in [0.1, 0.15) is 98.8 Å². The molecule has 0 aliphatic heterocycles. The van der Waals surface area contributed by atoms with Gasteiger partial charge in [0.15, 0.2) is 0 Å². The molecule has 0 aromatic rings. The van der Waals surface area contributed by atoms with E-state index in [2.05, 4.69) is 34.6 Å². The van der Waals surface area contributed by atoms with Crippen molar-refractivity contribution in [3.8, 4) is 0 Å². The van der Waals surface area contributed by atoms with E-state index in [1.165, 1.54) is 38.5 Å². The highest BCUT2D eigenvalue weighted by molar-refractivity contribution is 5.83. The number of hydrogen-bond acceptors (Lipinski definition) is 2. The Morgan fingerprint density at radius 3 is 2.46 bits per heavy atom. The molecular weight excluding hydrogens is 344 g/mol. The van der Waals surface area contributed by atoms with Gasteiger partial charge in [-0.1, -0.05) is 41.0 Å². The lowest BCUT2D eigenvalue weighted by atomic mass is 9.44. The maximum Gasteiger partial charge on any atom is 0.136 e. The minimum absolute atomic E-state index is 0.0550. The number of rotatable bonds is 4. The molecular formula is C26H44O2.